The summed E-state index contributed by atoms with van der Waals surface area (Å²) >= 11 is 0. The van der Waals surface area contributed by atoms with Gasteiger partial charge in [-0.2, -0.15) is 12.7 Å². The Bertz CT molecular complexity index is 827. The number of aromatic nitrogens is 1. The zero-order chi connectivity index (χ0) is 22.7. The van der Waals surface area contributed by atoms with Gasteiger partial charge in [0.2, 0.25) is 5.88 Å². The number of nitrogens with zero attached hydrogens (tertiary/aromatic N) is 2. The number of methoxy groups -OCH3 is 1. The first-order valence-corrected chi connectivity index (χ1v) is 11.7. The molecule has 1 saturated heterocycles. The molecule has 0 aliphatic carbocycles. The topological polar surface area (TPSA) is 139 Å². The Morgan fingerprint density at radius 2 is 1.97 bits per heavy atom. The molecule has 174 valence electrons. The van der Waals surface area contributed by atoms with Crippen molar-refractivity contribution in [3.8, 4) is 5.88 Å². The minimum absolute atomic E-state index is 0.230. The van der Waals surface area contributed by atoms with Crippen molar-refractivity contribution in [3.05, 3.63) is 23.9 Å². The molecule has 2 heterocycles. The van der Waals surface area contributed by atoms with Gasteiger partial charge in [-0.05, 0) is 44.2 Å². The summed E-state index contributed by atoms with van der Waals surface area (Å²) in [7, 11) is -2.43. The Hall–Kier alpha value is -2.44. The highest BCUT2D eigenvalue weighted by atomic mass is 32.2. The first-order valence-electron chi connectivity index (χ1n) is 10.3. The monoisotopic (exact) mass is 457 g/mol. The molecule has 1 aliphatic rings. The lowest BCUT2D eigenvalue weighted by molar-refractivity contribution is 0.0946. The fourth-order valence-corrected chi connectivity index (χ4v) is 4.38. The molecule has 1 aliphatic heterocycles. The van der Waals surface area contributed by atoms with Gasteiger partial charge in [-0.1, -0.05) is 0 Å². The van der Waals surface area contributed by atoms with E-state index in [9.17, 15) is 18.0 Å². The Kier molecular flexibility index (Phi) is 9.95. The van der Waals surface area contributed by atoms with Crippen LogP contribution in [0.1, 0.15) is 36.5 Å². The largest absolute Gasteiger partial charge is 0.480 e. The summed E-state index contributed by atoms with van der Waals surface area (Å²) in [5.41, 5.74) is 0.372. The number of pyridine rings is 1. The summed E-state index contributed by atoms with van der Waals surface area (Å²) < 4.78 is 38.2. The number of urea groups is 1. The number of piperidine rings is 1. The molecule has 11 nitrogen and oxygen atoms in total. The molecule has 0 saturated carbocycles. The van der Waals surface area contributed by atoms with E-state index in [1.54, 1.807) is 18.3 Å². The normalized spacial score (nSPS) is 15.3. The summed E-state index contributed by atoms with van der Waals surface area (Å²) in [6, 6.07) is 2.54. The molecule has 0 atom stereocenters. The van der Waals surface area contributed by atoms with Crippen LogP contribution in [0.5, 0.6) is 5.88 Å². The summed E-state index contributed by atoms with van der Waals surface area (Å²) in [6.07, 6.45) is 3.59. The van der Waals surface area contributed by atoms with E-state index in [0.717, 1.165) is 6.42 Å². The highest BCUT2D eigenvalue weighted by Crippen LogP contribution is 2.22. The van der Waals surface area contributed by atoms with Gasteiger partial charge in [0, 0.05) is 39.0 Å². The van der Waals surface area contributed by atoms with Crippen molar-refractivity contribution >= 4 is 22.1 Å². The molecule has 3 amide bonds. The number of carbonyl (C=O) groups excluding carboxylic acids is 2. The van der Waals surface area contributed by atoms with Crippen molar-refractivity contribution in [2.45, 2.75) is 26.2 Å². The van der Waals surface area contributed by atoms with Gasteiger partial charge in [-0.15, -0.1) is 0 Å². The first kappa shape index (κ1) is 24.8. The predicted octanol–water partition coefficient (Wildman–Crippen LogP) is 0.503. The molecule has 0 radical (unpaired) electrons. The summed E-state index contributed by atoms with van der Waals surface area (Å²) in [5, 5.41) is 5.30. The molecule has 0 aromatic carbocycles. The molecular weight excluding hydrogens is 426 g/mol. The lowest BCUT2D eigenvalue weighted by Crippen LogP contribution is -2.50. The number of carbonyl (C=O) groups is 2. The van der Waals surface area contributed by atoms with E-state index in [-0.39, 0.29) is 24.2 Å². The predicted molar refractivity (Wildman–Crippen MR) is 114 cm³/mol. The van der Waals surface area contributed by atoms with E-state index < -0.39 is 16.2 Å². The third-order valence-corrected chi connectivity index (χ3v) is 6.41. The second-order valence-electron chi connectivity index (χ2n) is 7.01. The van der Waals surface area contributed by atoms with Crippen LogP contribution in [0.3, 0.4) is 0 Å². The van der Waals surface area contributed by atoms with Crippen LogP contribution in [-0.4, -0.2) is 76.1 Å². The maximum atomic E-state index is 12.4. The van der Waals surface area contributed by atoms with E-state index >= 15 is 0 Å². The molecule has 2 rings (SSSR count). The number of hydrogen-bond donors (Lipinski definition) is 3. The molecule has 1 fully saturated rings. The standard InChI is InChI=1S/C19H31N5O6S/c1-3-30-14-11-22-19(26)23-31(27,28)24-12-7-15(8-13-24)6-10-20-17(25)16-5-4-9-21-18(16)29-2/h4-5,9,15H,3,6-8,10-14H2,1-2H3,(H,20,25)(H2,22,23,26). The van der Waals surface area contributed by atoms with Crippen molar-refractivity contribution in [1.82, 2.24) is 24.6 Å². The van der Waals surface area contributed by atoms with Gasteiger partial charge in [0.1, 0.15) is 5.56 Å². The van der Waals surface area contributed by atoms with Crippen LogP contribution in [0.2, 0.25) is 0 Å². The molecule has 31 heavy (non-hydrogen) atoms. The maximum Gasteiger partial charge on any atom is 0.329 e. The van der Waals surface area contributed by atoms with Gasteiger partial charge >= 0.3 is 16.2 Å². The quantitative estimate of drug-likeness (QED) is 0.411. The van der Waals surface area contributed by atoms with Gasteiger partial charge in [-0.3, -0.25) is 4.79 Å². The van der Waals surface area contributed by atoms with Crippen LogP contribution in [0.4, 0.5) is 4.79 Å². The van der Waals surface area contributed by atoms with Crippen LogP contribution < -0.4 is 20.1 Å². The lowest BCUT2D eigenvalue weighted by atomic mass is 9.95. The molecule has 12 heteroatoms. The minimum Gasteiger partial charge on any atom is -0.480 e. The highest BCUT2D eigenvalue weighted by molar-refractivity contribution is 7.87. The Morgan fingerprint density at radius 3 is 2.65 bits per heavy atom. The van der Waals surface area contributed by atoms with Crippen molar-refractivity contribution in [3.63, 3.8) is 0 Å². The Labute approximate surface area is 183 Å². The van der Waals surface area contributed by atoms with Crippen molar-refractivity contribution in [2.24, 2.45) is 5.92 Å². The van der Waals surface area contributed by atoms with Crippen molar-refractivity contribution in [1.29, 1.82) is 0 Å². The van der Waals surface area contributed by atoms with Crippen LogP contribution in [-0.2, 0) is 14.9 Å². The molecule has 0 bridgehead atoms. The SMILES string of the molecule is CCOCCNC(=O)NS(=O)(=O)N1CCC(CCNC(=O)c2cccnc2OC)CC1. The third-order valence-electron chi connectivity index (χ3n) is 4.92. The molecule has 1 aromatic rings. The number of amides is 3. The van der Waals surface area contributed by atoms with Crippen molar-refractivity contribution in [2.75, 3.05) is 46.5 Å². The van der Waals surface area contributed by atoms with Crippen LogP contribution in [0, 0.1) is 5.92 Å². The number of ether oxygens (including phenoxy) is 2. The smallest absolute Gasteiger partial charge is 0.329 e. The summed E-state index contributed by atoms with van der Waals surface area (Å²) in [6.45, 7) is 4.01. The Balaban J connectivity index is 1.70. The first-order chi connectivity index (χ1) is 14.9. The van der Waals surface area contributed by atoms with Gasteiger partial charge in [0.25, 0.3) is 5.91 Å². The average Bonchev–Trinajstić information content (AvgIpc) is 2.76. The second-order valence-corrected chi connectivity index (χ2v) is 8.68. The molecule has 1 aromatic heterocycles. The minimum atomic E-state index is -3.89. The van der Waals surface area contributed by atoms with Gasteiger partial charge < -0.3 is 20.1 Å². The van der Waals surface area contributed by atoms with Crippen molar-refractivity contribution < 1.29 is 27.5 Å². The number of hydrogen-bond acceptors (Lipinski definition) is 7. The van der Waals surface area contributed by atoms with Gasteiger partial charge in [0.15, 0.2) is 0 Å². The second kappa shape index (κ2) is 12.4. The summed E-state index contributed by atoms with van der Waals surface area (Å²) in [5.74, 6) is 0.292. The number of rotatable bonds is 11. The molecule has 0 unspecified atom stereocenters. The van der Waals surface area contributed by atoms with Gasteiger partial charge in [0.05, 0.1) is 13.7 Å². The average molecular weight is 458 g/mol. The van der Waals surface area contributed by atoms with Crippen LogP contribution in [0.15, 0.2) is 18.3 Å². The molecule has 3 N–H and O–H groups in total. The zero-order valence-electron chi connectivity index (χ0n) is 17.9. The third kappa shape index (κ3) is 7.96. The maximum absolute atomic E-state index is 12.4. The highest BCUT2D eigenvalue weighted by Gasteiger charge is 2.29. The van der Waals surface area contributed by atoms with Crippen LogP contribution >= 0.6 is 0 Å². The summed E-state index contributed by atoms with van der Waals surface area (Å²) in [4.78, 5) is 28.1. The fourth-order valence-electron chi connectivity index (χ4n) is 3.25. The Morgan fingerprint density at radius 1 is 1.23 bits per heavy atom. The fraction of sp³-hybridized carbons (Fsp3) is 0.632. The van der Waals surface area contributed by atoms with E-state index in [1.165, 1.54) is 11.4 Å². The van der Waals surface area contributed by atoms with Crippen LogP contribution in [0.25, 0.3) is 0 Å². The lowest BCUT2D eigenvalue weighted by Gasteiger charge is -2.31. The molecular formula is C19H31N5O6S. The van der Waals surface area contributed by atoms with E-state index in [4.69, 9.17) is 9.47 Å². The van der Waals surface area contributed by atoms with Gasteiger partial charge in [-0.25, -0.2) is 14.5 Å². The molecule has 0 spiro atoms. The van der Waals surface area contributed by atoms with E-state index in [0.29, 0.717) is 51.3 Å². The zero-order valence-corrected chi connectivity index (χ0v) is 18.7. The van der Waals surface area contributed by atoms with E-state index in [1.807, 2.05) is 11.6 Å². The van der Waals surface area contributed by atoms with E-state index in [2.05, 4.69) is 15.6 Å². The number of nitrogens with one attached hydrogen (secondary N) is 3.